The molecule has 0 amide bonds. The van der Waals surface area contributed by atoms with E-state index in [-0.39, 0.29) is 11.3 Å². The van der Waals surface area contributed by atoms with Gasteiger partial charge in [-0.25, -0.2) is 4.79 Å². The van der Waals surface area contributed by atoms with Crippen molar-refractivity contribution in [2.45, 2.75) is 44.7 Å². The summed E-state index contributed by atoms with van der Waals surface area (Å²) in [6, 6.07) is 3.20. The van der Waals surface area contributed by atoms with E-state index in [1.165, 1.54) is 31.0 Å². The van der Waals surface area contributed by atoms with E-state index in [0.717, 1.165) is 30.5 Å². The lowest BCUT2D eigenvalue weighted by Crippen LogP contribution is -2.49. The molecule has 24 heavy (non-hydrogen) atoms. The van der Waals surface area contributed by atoms with Gasteiger partial charge in [0.25, 0.3) is 5.56 Å². The van der Waals surface area contributed by atoms with Crippen LogP contribution in [0.15, 0.2) is 9.59 Å². The zero-order chi connectivity index (χ0) is 17.4. The molecule has 0 spiro atoms. The third-order valence-electron chi connectivity index (χ3n) is 5.58. The van der Waals surface area contributed by atoms with Crippen LogP contribution in [0.2, 0.25) is 0 Å². The predicted molar refractivity (Wildman–Crippen MR) is 92.3 cm³/mol. The molecule has 7 nitrogen and oxygen atoms in total. The number of hydrogen-bond donors (Lipinski definition) is 0. The van der Waals surface area contributed by atoms with Gasteiger partial charge in [-0.15, -0.1) is 0 Å². The highest BCUT2D eigenvalue weighted by molar-refractivity contribution is 5.53. The van der Waals surface area contributed by atoms with E-state index in [2.05, 4.69) is 11.8 Å². The van der Waals surface area contributed by atoms with Gasteiger partial charge in [0.2, 0.25) is 0 Å². The van der Waals surface area contributed by atoms with Gasteiger partial charge in [0.05, 0.1) is 0 Å². The first-order valence-corrected chi connectivity index (χ1v) is 8.66. The van der Waals surface area contributed by atoms with Gasteiger partial charge in [0, 0.05) is 39.3 Å². The lowest BCUT2D eigenvalue weighted by Gasteiger charge is -2.40. The molecule has 2 fully saturated rings. The van der Waals surface area contributed by atoms with Crippen molar-refractivity contribution in [1.29, 1.82) is 5.26 Å². The van der Waals surface area contributed by atoms with E-state index in [1.54, 1.807) is 7.05 Å². The van der Waals surface area contributed by atoms with Crippen LogP contribution in [0.25, 0.3) is 0 Å². The molecule has 2 aliphatic rings. The highest BCUT2D eigenvalue weighted by Gasteiger charge is 2.32. The molecule has 0 aliphatic carbocycles. The van der Waals surface area contributed by atoms with Crippen LogP contribution in [0, 0.1) is 11.3 Å². The third-order valence-corrected chi connectivity index (χ3v) is 5.58. The molecule has 0 N–H and O–H groups in total. The minimum Gasteiger partial charge on any atom is -0.357 e. The molecule has 3 rings (SSSR count). The summed E-state index contributed by atoms with van der Waals surface area (Å²) in [5, 5.41) is 9.42. The zero-order valence-electron chi connectivity index (χ0n) is 14.7. The van der Waals surface area contributed by atoms with Crippen molar-refractivity contribution in [2.24, 2.45) is 14.1 Å². The molecule has 0 bridgehead atoms. The van der Waals surface area contributed by atoms with Crippen LogP contribution >= 0.6 is 0 Å². The third kappa shape index (κ3) is 2.65. The van der Waals surface area contributed by atoms with Crippen molar-refractivity contribution in [3.05, 3.63) is 26.4 Å². The summed E-state index contributed by atoms with van der Waals surface area (Å²) in [5.74, 6) is 0.471. The molecule has 7 heteroatoms. The molecule has 0 radical (unpaired) electrons. The maximum absolute atomic E-state index is 12.2. The second-order valence-electron chi connectivity index (χ2n) is 6.96. The quantitative estimate of drug-likeness (QED) is 0.785. The van der Waals surface area contributed by atoms with Crippen molar-refractivity contribution in [1.82, 2.24) is 14.0 Å². The number of rotatable bonds is 2. The Morgan fingerprint density at radius 1 is 1.04 bits per heavy atom. The van der Waals surface area contributed by atoms with Gasteiger partial charge in [-0.3, -0.25) is 18.8 Å². The van der Waals surface area contributed by atoms with Crippen LogP contribution in [0.5, 0.6) is 0 Å². The summed E-state index contributed by atoms with van der Waals surface area (Å²) in [7, 11) is 3.04. The fraction of sp³-hybridized carbons (Fsp3) is 0.706. The highest BCUT2D eigenvalue weighted by Crippen LogP contribution is 2.27. The normalized spacial score (nSPS) is 22.8. The number of hydrogen-bond acceptors (Lipinski definition) is 5. The summed E-state index contributed by atoms with van der Waals surface area (Å²) in [4.78, 5) is 29.1. The fourth-order valence-electron chi connectivity index (χ4n) is 4.21. The zero-order valence-corrected chi connectivity index (χ0v) is 14.7. The Labute approximate surface area is 141 Å². The van der Waals surface area contributed by atoms with Gasteiger partial charge in [0.1, 0.15) is 11.9 Å². The average molecular weight is 331 g/mol. The van der Waals surface area contributed by atoms with Crippen LogP contribution in [-0.2, 0) is 14.1 Å². The topological polar surface area (TPSA) is 74.3 Å². The van der Waals surface area contributed by atoms with Crippen molar-refractivity contribution in [2.75, 3.05) is 24.5 Å². The Kier molecular flexibility index (Phi) is 4.50. The second-order valence-corrected chi connectivity index (χ2v) is 6.96. The molecule has 130 valence electrons. The van der Waals surface area contributed by atoms with Crippen LogP contribution in [0.3, 0.4) is 0 Å². The van der Waals surface area contributed by atoms with Gasteiger partial charge in [-0.05, 0) is 39.2 Å². The predicted octanol–water partition coefficient (Wildman–Crippen LogP) is 0.409. The minimum absolute atomic E-state index is 0.0626. The molecule has 0 saturated carbocycles. The molecular formula is C17H25N5O2. The molecule has 0 aromatic carbocycles. The number of nitrogens with zero attached hydrogens (tertiary/aromatic N) is 5. The average Bonchev–Trinajstić information content (AvgIpc) is 3.02. The summed E-state index contributed by atoms with van der Waals surface area (Å²) >= 11 is 0. The lowest BCUT2D eigenvalue weighted by atomic mass is 10.0. The van der Waals surface area contributed by atoms with E-state index >= 15 is 0 Å². The first kappa shape index (κ1) is 16.8. The first-order chi connectivity index (χ1) is 11.5. The minimum atomic E-state index is -0.508. The second kappa shape index (κ2) is 6.44. The Morgan fingerprint density at radius 3 is 2.25 bits per heavy atom. The van der Waals surface area contributed by atoms with E-state index in [1.807, 2.05) is 11.0 Å². The van der Waals surface area contributed by atoms with E-state index in [9.17, 15) is 14.9 Å². The lowest BCUT2D eigenvalue weighted by molar-refractivity contribution is 0.163. The van der Waals surface area contributed by atoms with Crippen LogP contribution < -0.4 is 16.1 Å². The fourth-order valence-corrected chi connectivity index (χ4v) is 4.21. The number of piperidine rings is 1. The van der Waals surface area contributed by atoms with Gasteiger partial charge in [0.15, 0.2) is 5.56 Å². The van der Waals surface area contributed by atoms with Gasteiger partial charge in [-0.2, -0.15) is 5.26 Å². The standard InChI is InChI=1S/C17H25N5O2/c1-12-5-4-8-22(12)13-6-9-21(10-7-13)15-14(11-18)16(23)20(3)17(24)19(15)2/h12-13H,4-10H2,1-3H3. The van der Waals surface area contributed by atoms with Crippen molar-refractivity contribution in [3.63, 3.8) is 0 Å². The summed E-state index contributed by atoms with van der Waals surface area (Å²) in [6.07, 6.45) is 4.53. The van der Waals surface area contributed by atoms with Crippen LogP contribution in [-0.4, -0.2) is 45.8 Å². The van der Waals surface area contributed by atoms with E-state index in [0.29, 0.717) is 17.9 Å². The Hall–Kier alpha value is -2.07. The highest BCUT2D eigenvalue weighted by atomic mass is 16.2. The molecule has 1 aromatic rings. The largest absolute Gasteiger partial charge is 0.357 e. The van der Waals surface area contributed by atoms with Crippen molar-refractivity contribution in [3.8, 4) is 6.07 Å². The monoisotopic (exact) mass is 331 g/mol. The molecule has 1 aromatic heterocycles. The number of nitriles is 1. The Bertz CT molecular complexity index is 780. The molecule has 1 unspecified atom stereocenters. The molecule has 2 aliphatic heterocycles. The summed E-state index contributed by atoms with van der Waals surface area (Å²) in [5.41, 5.74) is -0.831. The van der Waals surface area contributed by atoms with E-state index < -0.39 is 5.56 Å². The number of likely N-dealkylation sites (tertiary alicyclic amines) is 1. The molecule has 1 atom stereocenters. The maximum atomic E-state index is 12.2. The Balaban J connectivity index is 1.86. The molecule has 3 heterocycles. The van der Waals surface area contributed by atoms with E-state index in [4.69, 9.17) is 0 Å². The van der Waals surface area contributed by atoms with Crippen LogP contribution in [0.1, 0.15) is 38.2 Å². The molecular weight excluding hydrogens is 306 g/mol. The maximum Gasteiger partial charge on any atom is 0.332 e. The van der Waals surface area contributed by atoms with Crippen molar-refractivity contribution >= 4 is 5.82 Å². The first-order valence-electron chi connectivity index (χ1n) is 8.66. The number of anilines is 1. The Morgan fingerprint density at radius 2 is 1.71 bits per heavy atom. The smallest absolute Gasteiger partial charge is 0.332 e. The van der Waals surface area contributed by atoms with Gasteiger partial charge < -0.3 is 4.90 Å². The van der Waals surface area contributed by atoms with Crippen molar-refractivity contribution < 1.29 is 0 Å². The molecule has 2 saturated heterocycles. The van der Waals surface area contributed by atoms with Gasteiger partial charge >= 0.3 is 5.69 Å². The van der Waals surface area contributed by atoms with Gasteiger partial charge in [-0.1, -0.05) is 0 Å². The number of aromatic nitrogens is 2. The van der Waals surface area contributed by atoms with Crippen LogP contribution in [0.4, 0.5) is 5.82 Å². The summed E-state index contributed by atoms with van der Waals surface area (Å²) in [6.45, 7) is 4.99. The SMILES string of the molecule is CC1CCCN1C1CCN(c2c(C#N)c(=O)n(C)c(=O)n2C)CC1. The summed E-state index contributed by atoms with van der Waals surface area (Å²) < 4.78 is 2.43.